The Morgan fingerprint density at radius 2 is 2.21 bits per heavy atom. The Morgan fingerprint density at radius 1 is 1.47 bits per heavy atom. The van der Waals surface area contributed by atoms with Gasteiger partial charge in [-0.25, -0.2) is 4.98 Å². The van der Waals surface area contributed by atoms with E-state index in [1.54, 1.807) is 17.1 Å². The number of nitrogens with zero attached hydrogens (tertiary/aromatic N) is 3. The molecule has 2 aromatic rings. The summed E-state index contributed by atoms with van der Waals surface area (Å²) in [6.07, 6.45) is 4.72. The molecule has 0 spiro atoms. The van der Waals surface area contributed by atoms with Gasteiger partial charge in [-0.3, -0.25) is 9.48 Å². The molecule has 0 radical (unpaired) electrons. The van der Waals surface area contributed by atoms with Gasteiger partial charge in [0.25, 0.3) is 5.91 Å². The Bertz CT molecular complexity index is 608. The molecule has 100 valence electrons. The maximum atomic E-state index is 12.0. The number of amides is 1. The second-order valence-corrected chi connectivity index (χ2v) is 4.76. The summed E-state index contributed by atoms with van der Waals surface area (Å²) in [6.45, 7) is 4.00. The van der Waals surface area contributed by atoms with Crippen molar-refractivity contribution in [2.75, 3.05) is 11.1 Å². The van der Waals surface area contributed by atoms with Crippen LogP contribution >= 0.6 is 11.6 Å². The van der Waals surface area contributed by atoms with Gasteiger partial charge in [-0.2, -0.15) is 5.10 Å². The lowest BCUT2D eigenvalue weighted by molar-refractivity contribution is 0.102. The molecule has 2 aromatic heterocycles. The third kappa shape index (κ3) is 3.03. The number of rotatable bonds is 3. The first-order valence-corrected chi connectivity index (χ1v) is 6.11. The van der Waals surface area contributed by atoms with E-state index in [0.29, 0.717) is 11.3 Å². The number of carbonyl (C=O) groups excluding carboxylic acids is 1. The average molecular weight is 280 g/mol. The molecule has 0 unspecified atom stereocenters. The van der Waals surface area contributed by atoms with Crippen LogP contribution in [0.4, 0.5) is 11.5 Å². The molecule has 6 nitrogen and oxygen atoms in total. The lowest BCUT2D eigenvalue weighted by Gasteiger charge is -2.05. The van der Waals surface area contributed by atoms with Crippen molar-refractivity contribution in [2.24, 2.45) is 0 Å². The van der Waals surface area contributed by atoms with Crippen molar-refractivity contribution in [3.05, 3.63) is 35.2 Å². The SMILES string of the molecule is CC(C)n1cc(NC(=O)c2cnc(N)c(Cl)c2)cn1. The molecule has 0 saturated heterocycles. The van der Waals surface area contributed by atoms with Crippen molar-refractivity contribution in [1.82, 2.24) is 14.8 Å². The smallest absolute Gasteiger partial charge is 0.257 e. The van der Waals surface area contributed by atoms with Gasteiger partial charge in [0, 0.05) is 18.4 Å². The summed E-state index contributed by atoms with van der Waals surface area (Å²) in [5.74, 6) is -0.108. The van der Waals surface area contributed by atoms with E-state index in [2.05, 4.69) is 15.4 Å². The second-order valence-electron chi connectivity index (χ2n) is 4.35. The van der Waals surface area contributed by atoms with Gasteiger partial charge in [0.15, 0.2) is 0 Å². The van der Waals surface area contributed by atoms with Crippen molar-refractivity contribution in [3.8, 4) is 0 Å². The van der Waals surface area contributed by atoms with E-state index in [-0.39, 0.29) is 22.8 Å². The lowest BCUT2D eigenvalue weighted by Crippen LogP contribution is -2.12. The van der Waals surface area contributed by atoms with Crippen LogP contribution in [-0.4, -0.2) is 20.7 Å². The van der Waals surface area contributed by atoms with E-state index < -0.39 is 0 Å². The van der Waals surface area contributed by atoms with Crippen molar-refractivity contribution in [1.29, 1.82) is 0 Å². The average Bonchev–Trinajstić information content (AvgIpc) is 2.81. The molecule has 2 heterocycles. The van der Waals surface area contributed by atoms with Gasteiger partial charge in [0.2, 0.25) is 0 Å². The summed E-state index contributed by atoms with van der Waals surface area (Å²) in [5.41, 5.74) is 6.45. The predicted octanol–water partition coefficient (Wildman–Crippen LogP) is 2.35. The van der Waals surface area contributed by atoms with Crippen molar-refractivity contribution in [2.45, 2.75) is 19.9 Å². The van der Waals surface area contributed by atoms with Gasteiger partial charge in [0.05, 0.1) is 22.5 Å². The van der Waals surface area contributed by atoms with Crippen LogP contribution in [0.15, 0.2) is 24.7 Å². The molecule has 0 aliphatic carbocycles. The molecule has 0 aliphatic rings. The minimum Gasteiger partial charge on any atom is -0.382 e. The zero-order valence-corrected chi connectivity index (χ0v) is 11.3. The van der Waals surface area contributed by atoms with Gasteiger partial charge >= 0.3 is 0 Å². The highest BCUT2D eigenvalue weighted by Crippen LogP contribution is 2.18. The molecular formula is C12H14ClN5O. The van der Waals surface area contributed by atoms with E-state index in [9.17, 15) is 4.79 Å². The summed E-state index contributed by atoms with van der Waals surface area (Å²) in [6, 6.07) is 1.71. The zero-order valence-electron chi connectivity index (χ0n) is 10.6. The van der Waals surface area contributed by atoms with Gasteiger partial charge in [0.1, 0.15) is 5.82 Å². The number of carbonyl (C=O) groups is 1. The number of nitrogens with one attached hydrogen (secondary N) is 1. The third-order valence-corrected chi connectivity index (χ3v) is 2.82. The first-order chi connectivity index (χ1) is 8.97. The molecule has 0 aliphatic heterocycles. The number of hydrogen-bond donors (Lipinski definition) is 2. The van der Waals surface area contributed by atoms with Crippen LogP contribution in [0, 0.1) is 0 Å². The highest BCUT2D eigenvalue weighted by molar-refractivity contribution is 6.33. The fourth-order valence-electron chi connectivity index (χ4n) is 1.46. The highest BCUT2D eigenvalue weighted by atomic mass is 35.5. The number of hydrogen-bond acceptors (Lipinski definition) is 4. The van der Waals surface area contributed by atoms with E-state index >= 15 is 0 Å². The first-order valence-electron chi connectivity index (χ1n) is 5.74. The Labute approximate surface area is 115 Å². The largest absolute Gasteiger partial charge is 0.382 e. The quantitative estimate of drug-likeness (QED) is 0.903. The van der Waals surface area contributed by atoms with Gasteiger partial charge in [-0.15, -0.1) is 0 Å². The van der Waals surface area contributed by atoms with Crippen LogP contribution in [-0.2, 0) is 0 Å². The molecule has 2 rings (SSSR count). The summed E-state index contributed by atoms with van der Waals surface area (Å²) in [5, 5.41) is 7.11. The van der Waals surface area contributed by atoms with Gasteiger partial charge in [-0.1, -0.05) is 11.6 Å². The second kappa shape index (κ2) is 5.27. The van der Waals surface area contributed by atoms with E-state index in [1.807, 2.05) is 13.8 Å². The number of halogens is 1. The molecule has 0 aromatic carbocycles. The van der Waals surface area contributed by atoms with Crippen LogP contribution in [0.5, 0.6) is 0 Å². The van der Waals surface area contributed by atoms with Gasteiger partial charge in [-0.05, 0) is 19.9 Å². The molecule has 0 fully saturated rings. The van der Waals surface area contributed by atoms with E-state index in [1.165, 1.54) is 12.3 Å². The molecular weight excluding hydrogens is 266 g/mol. The number of anilines is 2. The zero-order chi connectivity index (χ0) is 14.0. The molecule has 3 N–H and O–H groups in total. The van der Waals surface area contributed by atoms with Crippen LogP contribution in [0.1, 0.15) is 30.2 Å². The molecule has 0 saturated carbocycles. The minimum absolute atomic E-state index is 0.200. The topological polar surface area (TPSA) is 85.8 Å². The molecule has 0 bridgehead atoms. The Morgan fingerprint density at radius 3 is 2.79 bits per heavy atom. The normalized spacial score (nSPS) is 10.7. The van der Waals surface area contributed by atoms with Crippen molar-refractivity contribution >= 4 is 29.0 Å². The lowest BCUT2D eigenvalue weighted by atomic mass is 10.2. The third-order valence-electron chi connectivity index (χ3n) is 2.52. The Hall–Kier alpha value is -2.08. The molecule has 7 heteroatoms. The van der Waals surface area contributed by atoms with Crippen LogP contribution in [0.25, 0.3) is 0 Å². The molecule has 19 heavy (non-hydrogen) atoms. The number of aromatic nitrogens is 3. The Kier molecular flexibility index (Phi) is 3.71. The van der Waals surface area contributed by atoms with Gasteiger partial charge < -0.3 is 11.1 Å². The maximum absolute atomic E-state index is 12.0. The van der Waals surface area contributed by atoms with Crippen molar-refractivity contribution in [3.63, 3.8) is 0 Å². The highest BCUT2D eigenvalue weighted by Gasteiger charge is 2.10. The Balaban J connectivity index is 2.13. The van der Waals surface area contributed by atoms with Crippen LogP contribution in [0.3, 0.4) is 0 Å². The standard InChI is InChI=1S/C12H14ClN5O/c1-7(2)18-6-9(5-16-18)17-12(19)8-3-10(13)11(14)15-4-8/h3-7H,1-2H3,(H2,14,15)(H,17,19). The maximum Gasteiger partial charge on any atom is 0.257 e. The van der Waals surface area contributed by atoms with Crippen molar-refractivity contribution < 1.29 is 4.79 Å². The summed E-state index contributed by atoms with van der Waals surface area (Å²) >= 11 is 5.82. The summed E-state index contributed by atoms with van der Waals surface area (Å²) < 4.78 is 1.75. The first kappa shape index (κ1) is 13.4. The fraction of sp³-hybridized carbons (Fsp3) is 0.250. The number of nitrogens with two attached hydrogens (primary N) is 1. The summed E-state index contributed by atoms with van der Waals surface area (Å²) in [4.78, 5) is 15.8. The molecule has 1 amide bonds. The van der Waals surface area contributed by atoms with Crippen LogP contribution in [0.2, 0.25) is 5.02 Å². The monoisotopic (exact) mass is 279 g/mol. The predicted molar refractivity (Wildman–Crippen MR) is 74.2 cm³/mol. The minimum atomic E-state index is -0.308. The van der Waals surface area contributed by atoms with E-state index in [4.69, 9.17) is 17.3 Å². The fourth-order valence-corrected chi connectivity index (χ4v) is 1.63. The number of pyridine rings is 1. The summed E-state index contributed by atoms with van der Waals surface area (Å²) in [7, 11) is 0. The van der Waals surface area contributed by atoms with Crippen LogP contribution < -0.4 is 11.1 Å². The molecule has 0 atom stereocenters. The van der Waals surface area contributed by atoms with E-state index in [0.717, 1.165) is 0 Å². The number of nitrogen functional groups attached to an aromatic ring is 1.